The van der Waals surface area contributed by atoms with Gasteiger partial charge in [0.15, 0.2) is 0 Å². The molecule has 0 radical (unpaired) electrons. The van der Waals surface area contributed by atoms with Crippen LogP contribution in [-0.2, 0) is 4.79 Å². The van der Waals surface area contributed by atoms with Crippen LogP contribution in [0.15, 0.2) is 0 Å². The third-order valence-electron chi connectivity index (χ3n) is 2.24. The molecule has 0 fully saturated rings. The Hall–Kier alpha value is -1.01. The van der Waals surface area contributed by atoms with Crippen molar-refractivity contribution >= 4 is 5.91 Å². The first-order valence-electron chi connectivity index (χ1n) is 5.16. The lowest BCUT2D eigenvalue weighted by Crippen LogP contribution is -2.40. The van der Waals surface area contributed by atoms with Crippen LogP contribution in [0.1, 0.15) is 33.1 Å². The van der Waals surface area contributed by atoms with Crippen molar-refractivity contribution < 1.29 is 4.79 Å². The second-order valence-corrected chi connectivity index (χ2v) is 3.36. The van der Waals surface area contributed by atoms with Gasteiger partial charge in [0.05, 0.1) is 6.04 Å². The lowest BCUT2D eigenvalue weighted by Gasteiger charge is -2.16. The van der Waals surface area contributed by atoms with E-state index in [0.29, 0.717) is 6.54 Å². The Labute approximate surface area is 86.4 Å². The minimum Gasteiger partial charge on any atom is -0.342 e. The molecule has 80 valence electrons. The molecule has 3 heteroatoms. The van der Waals surface area contributed by atoms with Crippen LogP contribution in [0, 0.1) is 18.3 Å². The fourth-order valence-corrected chi connectivity index (χ4v) is 1.23. The Morgan fingerprint density at radius 3 is 2.57 bits per heavy atom. The fourth-order valence-electron chi connectivity index (χ4n) is 1.23. The molecule has 3 N–H and O–H groups in total. The Morgan fingerprint density at radius 2 is 2.21 bits per heavy atom. The second kappa shape index (κ2) is 7.40. The number of carbonyl (C=O) groups is 1. The largest absolute Gasteiger partial charge is 0.342 e. The quantitative estimate of drug-likeness (QED) is 0.620. The van der Waals surface area contributed by atoms with Crippen LogP contribution >= 0.6 is 0 Å². The molecule has 2 atom stereocenters. The van der Waals surface area contributed by atoms with Gasteiger partial charge >= 0.3 is 0 Å². The van der Waals surface area contributed by atoms with Crippen LogP contribution in [-0.4, -0.2) is 18.5 Å². The molecule has 0 saturated carbocycles. The molecule has 0 rings (SSSR count). The van der Waals surface area contributed by atoms with E-state index in [-0.39, 0.29) is 17.9 Å². The van der Waals surface area contributed by atoms with Crippen LogP contribution in [0.2, 0.25) is 0 Å². The van der Waals surface area contributed by atoms with Gasteiger partial charge in [-0.15, -0.1) is 6.42 Å². The van der Waals surface area contributed by atoms with Crippen LogP contribution in [0.5, 0.6) is 0 Å². The molecule has 0 aromatic heterocycles. The van der Waals surface area contributed by atoms with Gasteiger partial charge in [-0.2, -0.15) is 0 Å². The van der Waals surface area contributed by atoms with E-state index in [1.807, 2.05) is 13.8 Å². The SMILES string of the molecule is C#CC(CCC)NC(=O)C(CC)CN. The summed E-state index contributed by atoms with van der Waals surface area (Å²) in [5.74, 6) is 2.43. The van der Waals surface area contributed by atoms with Gasteiger partial charge in [-0.1, -0.05) is 26.2 Å². The maximum Gasteiger partial charge on any atom is 0.225 e. The van der Waals surface area contributed by atoms with Gasteiger partial charge in [0, 0.05) is 12.5 Å². The summed E-state index contributed by atoms with van der Waals surface area (Å²) in [6, 6.07) is -0.145. The van der Waals surface area contributed by atoms with Crippen LogP contribution in [0.25, 0.3) is 0 Å². The lowest BCUT2D eigenvalue weighted by molar-refractivity contribution is -0.125. The van der Waals surface area contributed by atoms with Gasteiger partial charge in [0.2, 0.25) is 5.91 Å². The molecule has 2 unspecified atom stereocenters. The normalized spacial score (nSPS) is 14.1. The first kappa shape index (κ1) is 13.0. The molecule has 0 aliphatic carbocycles. The van der Waals surface area contributed by atoms with E-state index >= 15 is 0 Å². The van der Waals surface area contributed by atoms with Crippen molar-refractivity contribution in [2.75, 3.05) is 6.54 Å². The van der Waals surface area contributed by atoms with E-state index in [0.717, 1.165) is 19.3 Å². The molecular weight excluding hydrogens is 176 g/mol. The molecular formula is C11H20N2O. The summed E-state index contributed by atoms with van der Waals surface area (Å²) < 4.78 is 0. The molecule has 0 aromatic carbocycles. The smallest absolute Gasteiger partial charge is 0.225 e. The topological polar surface area (TPSA) is 55.1 Å². The summed E-state index contributed by atoms with van der Waals surface area (Å²) >= 11 is 0. The van der Waals surface area contributed by atoms with Crippen molar-refractivity contribution in [3.63, 3.8) is 0 Å². The predicted octanol–water partition coefficient (Wildman–Crippen LogP) is 0.889. The van der Waals surface area contributed by atoms with Gasteiger partial charge in [-0.3, -0.25) is 4.79 Å². The Balaban J connectivity index is 4.08. The maximum absolute atomic E-state index is 11.6. The number of rotatable bonds is 6. The van der Waals surface area contributed by atoms with Gasteiger partial charge in [0.1, 0.15) is 0 Å². The van der Waals surface area contributed by atoms with Gasteiger partial charge in [-0.25, -0.2) is 0 Å². The van der Waals surface area contributed by atoms with E-state index in [4.69, 9.17) is 12.2 Å². The number of nitrogens with two attached hydrogens (primary N) is 1. The van der Waals surface area contributed by atoms with E-state index in [9.17, 15) is 4.79 Å². The summed E-state index contributed by atoms with van der Waals surface area (Å²) in [6.45, 7) is 4.37. The molecule has 3 nitrogen and oxygen atoms in total. The number of terminal acetylenes is 1. The van der Waals surface area contributed by atoms with Crippen LogP contribution in [0.3, 0.4) is 0 Å². The average Bonchev–Trinajstić information content (AvgIpc) is 2.19. The zero-order chi connectivity index (χ0) is 11.0. The van der Waals surface area contributed by atoms with E-state index in [1.54, 1.807) is 0 Å². The van der Waals surface area contributed by atoms with Crippen molar-refractivity contribution in [2.45, 2.75) is 39.2 Å². The van der Waals surface area contributed by atoms with Crippen molar-refractivity contribution in [3.8, 4) is 12.3 Å². The summed E-state index contributed by atoms with van der Waals surface area (Å²) in [4.78, 5) is 11.6. The highest BCUT2D eigenvalue weighted by Gasteiger charge is 2.16. The second-order valence-electron chi connectivity index (χ2n) is 3.36. The Bertz CT molecular complexity index is 204. The molecule has 0 aliphatic rings. The standard InChI is InChI=1S/C11H20N2O/c1-4-7-10(6-3)13-11(14)9(5-2)8-12/h3,9-10H,4-5,7-8,12H2,1-2H3,(H,13,14). The highest BCUT2D eigenvalue weighted by Crippen LogP contribution is 2.02. The number of amides is 1. The van der Waals surface area contributed by atoms with Crippen molar-refractivity contribution in [1.29, 1.82) is 0 Å². The van der Waals surface area contributed by atoms with Crippen molar-refractivity contribution in [2.24, 2.45) is 11.7 Å². The number of carbonyl (C=O) groups excluding carboxylic acids is 1. The molecule has 1 amide bonds. The Kier molecular flexibility index (Phi) is 6.87. The zero-order valence-corrected chi connectivity index (χ0v) is 9.05. The first-order valence-corrected chi connectivity index (χ1v) is 5.16. The minimum atomic E-state index is -0.145. The summed E-state index contributed by atoms with van der Waals surface area (Å²) in [5.41, 5.74) is 5.46. The number of hydrogen-bond acceptors (Lipinski definition) is 2. The van der Waals surface area contributed by atoms with Crippen LogP contribution in [0.4, 0.5) is 0 Å². The van der Waals surface area contributed by atoms with E-state index < -0.39 is 0 Å². The van der Waals surface area contributed by atoms with Gasteiger partial charge in [0.25, 0.3) is 0 Å². The third kappa shape index (κ3) is 4.29. The minimum absolute atomic E-state index is 0.0219. The lowest BCUT2D eigenvalue weighted by atomic mass is 10.0. The number of nitrogens with one attached hydrogen (secondary N) is 1. The highest BCUT2D eigenvalue weighted by atomic mass is 16.1. The van der Waals surface area contributed by atoms with E-state index in [2.05, 4.69) is 11.2 Å². The first-order chi connectivity index (χ1) is 6.69. The van der Waals surface area contributed by atoms with Gasteiger partial charge in [-0.05, 0) is 12.8 Å². The average molecular weight is 196 g/mol. The van der Waals surface area contributed by atoms with Gasteiger partial charge < -0.3 is 11.1 Å². The van der Waals surface area contributed by atoms with Crippen molar-refractivity contribution in [1.82, 2.24) is 5.32 Å². The third-order valence-corrected chi connectivity index (χ3v) is 2.24. The molecule has 14 heavy (non-hydrogen) atoms. The molecule has 0 heterocycles. The highest BCUT2D eigenvalue weighted by molar-refractivity contribution is 5.79. The molecule has 0 bridgehead atoms. The van der Waals surface area contributed by atoms with Crippen LogP contribution < -0.4 is 11.1 Å². The molecule has 0 saturated heterocycles. The fraction of sp³-hybridized carbons (Fsp3) is 0.727. The molecule has 0 spiro atoms. The summed E-state index contributed by atoms with van der Waals surface area (Å²) in [5, 5.41) is 2.81. The predicted molar refractivity (Wildman–Crippen MR) is 58.5 cm³/mol. The molecule has 0 aromatic rings. The maximum atomic E-state index is 11.6. The zero-order valence-electron chi connectivity index (χ0n) is 9.05. The molecule has 0 aliphatic heterocycles. The number of hydrogen-bond donors (Lipinski definition) is 2. The monoisotopic (exact) mass is 196 g/mol. The Morgan fingerprint density at radius 1 is 1.57 bits per heavy atom. The van der Waals surface area contributed by atoms with Crippen molar-refractivity contribution in [3.05, 3.63) is 0 Å². The van der Waals surface area contributed by atoms with E-state index in [1.165, 1.54) is 0 Å². The summed E-state index contributed by atoms with van der Waals surface area (Å²) in [7, 11) is 0. The summed E-state index contributed by atoms with van der Waals surface area (Å²) in [6.07, 6.45) is 7.84.